The van der Waals surface area contributed by atoms with E-state index in [0.29, 0.717) is 18.0 Å². The second kappa shape index (κ2) is 8.74. The lowest BCUT2D eigenvalue weighted by atomic mass is 10.1. The topological polar surface area (TPSA) is 18.5 Å². The van der Waals surface area contributed by atoms with Gasteiger partial charge in [0.1, 0.15) is 0 Å². The SMILES string of the molecule is COCCOCCCC(Br)c1ccccc1. The Bertz CT molecular complexity index is 264. The molecule has 0 bridgehead atoms. The average molecular weight is 287 g/mol. The fourth-order valence-corrected chi connectivity index (χ4v) is 2.07. The first-order chi connectivity index (χ1) is 7.84. The van der Waals surface area contributed by atoms with Crippen molar-refractivity contribution in [1.29, 1.82) is 0 Å². The third-order valence-electron chi connectivity index (χ3n) is 2.34. The molecule has 1 atom stereocenters. The standard InChI is InChI=1S/C13H19BrO2/c1-15-10-11-16-9-5-8-13(14)12-6-3-2-4-7-12/h2-4,6-7,13H,5,8-11H2,1H3. The number of benzene rings is 1. The lowest BCUT2D eigenvalue weighted by Gasteiger charge is -2.10. The summed E-state index contributed by atoms with van der Waals surface area (Å²) >= 11 is 3.69. The van der Waals surface area contributed by atoms with E-state index >= 15 is 0 Å². The molecule has 0 aliphatic carbocycles. The van der Waals surface area contributed by atoms with Crippen LogP contribution < -0.4 is 0 Å². The summed E-state index contributed by atoms with van der Waals surface area (Å²) in [5.41, 5.74) is 1.33. The van der Waals surface area contributed by atoms with Crippen LogP contribution >= 0.6 is 15.9 Å². The highest BCUT2D eigenvalue weighted by atomic mass is 79.9. The fourth-order valence-electron chi connectivity index (χ4n) is 1.44. The first-order valence-electron chi connectivity index (χ1n) is 5.60. The van der Waals surface area contributed by atoms with Crippen molar-refractivity contribution in [2.75, 3.05) is 26.9 Å². The highest BCUT2D eigenvalue weighted by molar-refractivity contribution is 9.09. The van der Waals surface area contributed by atoms with Gasteiger partial charge in [0, 0.05) is 18.5 Å². The van der Waals surface area contributed by atoms with Crippen molar-refractivity contribution in [3.63, 3.8) is 0 Å². The third kappa shape index (κ3) is 5.64. The van der Waals surface area contributed by atoms with Gasteiger partial charge in [-0.1, -0.05) is 46.3 Å². The Morgan fingerprint density at radius 3 is 2.56 bits per heavy atom. The predicted molar refractivity (Wildman–Crippen MR) is 70.0 cm³/mol. The Hall–Kier alpha value is -0.380. The van der Waals surface area contributed by atoms with Crippen LogP contribution in [0.5, 0.6) is 0 Å². The van der Waals surface area contributed by atoms with Gasteiger partial charge in [-0.25, -0.2) is 0 Å². The van der Waals surface area contributed by atoms with Crippen LogP contribution in [0.25, 0.3) is 0 Å². The van der Waals surface area contributed by atoms with E-state index in [4.69, 9.17) is 9.47 Å². The summed E-state index contributed by atoms with van der Waals surface area (Å²) in [6.07, 6.45) is 2.16. The highest BCUT2D eigenvalue weighted by Gasteiger charge is 2.05. The molecule has 0 saturated heterocycles. The van der Waals surface area contributed by atoms with Gasteiger partial charge in [-0.15, -0.1) is 0 Å². The molecular weight excluding hydrogens is 268 g/mol. The number of alkyl halides is 1. The molecule has 0 aliphatic rings. The second-order valence-corrected chi connectivity index (χ2v) is 4.73. The van der Waals surface area contributed by atoms with E-state index in [9.17, 15) is 0 Å². The van der Waals surface area contributed by atoms with Gasteiger partial charge in [0.2, 0.25) is 0 Å². The highest BCUT2D eigenvalue weighted by Crippen LogP contribution is 2.27. The summed E-state index contributed by atoms with van der Waals surface area (Å²) in [4.78, 5) is 0.430. The van der Waals surface area contributed by atoms with Crippen LogP contribution in [-0.2, 0) is 9.47 Å². The van der Waals surface area contributed by atoms with Gasteiger partial charge in [-0.3, -0.25) is 0 Å². The van der Waals surface area contributed by atoms with Crippen molar-refractivity contribution in [2.24, 2.45) is 0 Å². The largest absolute Gasteiger partial charge is 0.382 e. The Morgan fingerprint density at radius 2 is 1.88 bits per heavy atom. The van der Waals surface area contributed by atoms with Crippen molar-refractivity contribution < 1.29 is 9.47 Å². The van der Waals surface area contributed by atoms with Crippen LogP contribution in [0.1, 0.15) is 23.2 Å². The summed E-state index contributed by atoms with van der Waals surface area (Å²) in [6.45, 7) is 2.17. The molecule has 2 nitrogen and oxygen atoms in total. The summed E-state index contributed by atoms with van der Waals surface area (Å²) < 4.78 is 10.3. The van der Waals surface area contributed by atoms with Crippen molar-refractivity contribution in [3.05, 3.63) is 35.9 Å². The molecule has 1 unspecified atom stereocenters. The number of methoxy groups -OCH3 is 1. The number of ether oxygens (including phenoxy) is 2. The number of hydrogen-bond donors (Lipinski definition) is 0. The van der Waals surface area contributed by atoms with Crippen molar-refractivity contribution in [1.82, 2.24) is 0 Å². The van der Waals surface area contributed by atoms with Crippen molar-refractivity contribution in [2.45, 2.75) is 17.7 Å². The van der Waals surface area contributed by atoms with E-state index < -0.39 is 0 Å². The van der Waals surface area contributed by atoms with Crippen LogP contribution in [0.15, 0.2) is 30.3 Å². The molecule has 0 fully saturated rings. The van der Waals surface area contributed by atoms with Gasteiger partial charge in [0.05, 0.1) is 13.2 Å². The Kier molecular flexibility index (Phi) is 7.47. The predicted octanol–water partition coefficient (Wildman–Crippen LogP) is 3.57. The fraction of sp³-hybridized carbons (Fsp3) is 0.538. The summed E-state index contributed by atoms with van der Waals surface area (Å²) in [5.74, 6) is 0. The molecule has 0 saturated carbocycles. The van der Waals surface area contributed by atoms with E-state index in [0.717, 1.165) is 19.4 Å². The van der Waals surface area contributed by atoms with Crippen LogP contribution in [0, 0.1) is 0 Å². The summed E-state index contributed by atoms with van der Waals surface area (Å²) in [7, 11) is 1.69. The molecule has 1 aromatic carbocycles. The Morgan fingerprint density at radius 1 is 1.12 bits per heavy atom. The summed E-state index contributed by atoms with van der Waals surface area (Å²) in [6, 6.07) is 10.5. The normalized spacial score (nSPS) is 12.6. The molecule has 0 N–H and O–H groups in total. The van der Waals surface area contributed by atoms with E-state index in [1.165, 1.54) is 5.56 Å². The maximum Gasteiger partial charge on any atom is 0.0700 e. The Labute approximate surface area is 106 Å². The monoisotopic (exact) mass is 286 g/mol. The van der Waals surface area contributed by atoms with Gasteiger partial charge >= 0.3 is 0 Å². The number of hydrogen-bond acceptors (Lipinski definition) is 2. The molecule has 0 aromatic heterocycles. The molecule has 1 rings (SSSR count). The van der Waals surface area contributed by atoms with Crippen LogP contribution in [0.2, 0.25) is 0 Å². The zero-order chi connectivity index (χ0) is 11.6. The van der Waals surface area contributed by atoms with E-state index in [2.05, 4.69) is 40.2 Å². The minimum Gasteiger partial charge on any atom is -0.382 e. The number of halogens is 1. The van der Waals surface area contributed by atoms with Gasteiger partial charge in [0.15, 0.2) is 0 Å². The Balaban J connectivity index is 2.09. The second-order valence-electron chi connectivity index (χ2n) is 3.63. The molecule has 16 heavy (non-hydrogen) atoms. The molecule has 1 aromatic rings. The maximum atomic E-state index is 5.41. The summed E-state index contributed by atoms with van der Waals surface area (Å²) in [5, 5.41) is 0. The smallest absolute Gasteiger partial charge is 0.0700 e. The zero-order valence-electron chi connectivity index (χ0n) is 9.69. The van der Waals surface area contributed by atoms with Crippen molar-refractivity contribution in [3.8, 4) is 0 Å². The van der Waals surface area contributed by atoms with Crippen LogP contribution in [-0.4, -0.2) is 26.9 Å². The molecule has 0 amide bonds. The van der Waals surface area contributed by atoms with E-state index in [-0.39, 0.29) is 0 Å². The molecule has 0 aliphatic heterocycles. The first-order valence-corrected chi connectivity index (χ1v) is 6.52. The van der Waals surface area contributed by atoms with Crippen LogP contribution in [0.3, 0.4) is 0 Å². The van der Waals surface area contributed by atoms with Gasteiger partial charge in [0.25, 0.3) is 0 Å². The van der Waals surface area contributed by atoms with E-state index in [1.807, 2.05) is 6.07 Å². The lowest BCUT2D eigenvalue weighted by Crippen LogP contribution is -2.03. The molecule has 0 radical (unpaired) electrons. The quantitative estimate of drug-likeness (QED) is 0.537. The minimum absolute atomic E-state index is 0.430. The average Bonchev–Trinajstić information content (AvgIpc) is 2.34. The van der Waals surface area contributed by atoms with Gasteiger partial charge < -0.3 is 9.47 Å². The molecular formula is C13H19BrO2. The first kappa shape index (κ1) is 13.7. The van der Waals surface area contributed by atoms with Crippen molar-refractivity contribution >= 4 is 15.9 Å². The zero-order valence-corrected chi connectivity index (χ0v) is 11.3. The third-order valence-corrected chi connectivity index (χ3v) is 3.33. The minimum atomic E-state index is 0.430. The van der Waals surface area contributed by atoms with Gasteiger partial charge in [-0.2, -0.15) is 0 Å². The number of rotatable bonds is 8. The molecule has 90 valence electrons. The van der Waals surface area contributed by atoms with E-state index in [1.54, 1.807) is 7.11 Å². The van der Waals surface area contributed by atoms with Crippen LogP contribution in [0.4, 0.5) is 0 Å². The lowest BCUT2D eigenvalue weighted by molar-refractivity contribution is 0.0688. The molecule has 0 spiro atoms. The van der Waals surface area contributed by atoms with Gasteiger partial charge in [-0.05, 0) is 18.4 Å². The molecule has 3 heteroatoms. The maximum absolute atomic E-state index is 5.41. The molecule has 0 heterocycles.